The first-order chi connectivity index (χ1) is 16.2. The van der Waals surface area contributed by atoms with Gasteiger partial charge in [0.1, 0.15) is 6.61 Å². The molecule has 1 aromatic heterocycles. The lowest BCUT2D eigenvalue weighted by molar-refractivity contribution is 0.0943. The molecule has 8 nitrogen and oxygen atoms in total. The van der Waals surface area contributed by atoms with Gasteiger partial charge in [0, 0.05) is 18.2 Å². The average Bonchev–Trinajstić information content (AvgIpc) is 3.48. The molecule has 0 aliphatic carbocycles. The minimum Gasteiger partial charge on any atom is -0.460 e. The Morgan fingerprint density at radius 3 is 2.64 bits per heavy atom. The molecular formula is C25H29N3O5. The molecule has 0 bridgehead atoms. The third-order valence-corrected chi connectivity index (χ3v) is 5.45. The van der Waals surface area contributed by atoms with Crippen molar-refractivity contribution in [1.82, 2.24) is 14.8 Å². The van der Waals surface area contributed by atoms with Crippen molar-refractivity contribution in [2.75, 3.05) is 27.1 Å². The molecule has 2 heterocycles. The molecule has 0 amide bonds. The lowest BCUT2D eigenvalue weighted by atomic mass is 10.0. The van der Waals surface area contributed by atoms with Gasteiger partial charge in [0.25, 0.3) is 5.91 Å². The van der Waals surface area contributed by atoms with Crippen molar-refractivity contribution in [3.05, 3.63) is 53.6 Å². The Labute approximate surface area is 193 Å². The van der Waals surface area contributed by atoms with Gasteiger partial charge in [0.15, 0.2) is 17.3 Å². The molecule has 0 radical (unpaired) electrons. The minimum atomic E-state index is -0.283. The van der Waals surface area contributed by atoms with Crippen LogP contribution in [0.2, 0.25) is 0 Å². The fourth-order valence-electron chi connectivity index (χ4n) is 3.63. The first-order valence-electron chi connectivity index (χ1n) is 11.3. The Balaban J connectivity index is 1.58. The third-order valence-electron chi connectivity index (χ3n) is 5.45. The van der Waals surface area contributed by atoms with E-state index in [1.54, 1.807) is 19.2 Å². The standard InChI is InChI=1S/C25H29N3O5/c1-3-4-5-6-7-18-8-10-19(11-9-18)24(29)28-23(26-25(27-28)31-15-14-30-2)20-12-13-21-22(16-20)33-17-32-21/h8-13,16H,3-7,14-15,17H2,1-2H3. The summed E-state index contributed by atoms with van der Waals surface area (Å²) in [7, 11) is 1.59. The summed E-state index contributed by atoms with van der Waals surface area (Å²) in [5.74, 6) is 1.34. The van der Waals surface area contributed by atoms with Crippen molar-refractivity contribution in [2.45, 2.75) is 39.0 Å². The maximum absolute atomic E-state index is 13.4. The van der Waals surface area contributed by atoms with Crippen molar-refractivity contribution in [2.24, 2.45) is 0 Å². The van der Waals surface area contributed by atoms with Crippen molar-refractivity contribution in [3.63, 3.8) is 0 Å². The fraction of sp³-hybridized carbons (Fsp3) is 0.400. The summed E-state index contributed by atoms with van der Waals surface area (Å²) >= 11 is 0. The van der Waals surface area contributed by atoms with Gasteiger partial charge in [-0.25, -0.2) is 0 Å². The van der Waals surface area contributed by atoms with E-state index in [0.717, 1.165) is 12.8 Å². The maximum Gasteiger partial charge on any atom is 0.336 e. The normalized spacial score (nSPS) is 12.2. The van der Waals surface area contributed by atoms with Crippen LogP contribution in [0.1, 0.15) is 48.5 Å². The molecule has 0 spiro atoms. The summed E-state index contributed by atoms with van der Waals surface area (Å²) in [5, 5.41) is 4.33. The molecule has 3 aromatic rings. The topological polar surface area (TPSA) is 84.7 Å². The molecule has 0 N–H and O–H groups in total. The summed E-state index contributed by atoms with van der Waals surface area (Å²) in [6.07, 6.45) is 5.85. The first kappa shape index (κ1) is 22.8. The van der Waals surface area contributed by atoms with E-state index in [0.29, 0.717) is 35.1 Å². The lowest BCUT2D eigenvalue weighted by Crippen LogP contribution is -2.15. The van der Waals surface area contributed by atoms with Gasteiger partial charge in [-0.3, -0.25) is 4.79 Å². The monoisotopic (exact) mass is 451 g/mol. The predicted molar refractivity (Wildman–Crippen MR) is 123 cm³/mol. The van der Waals surface area contributed by atoms with Crippen LogP contribution < -0.4 is 14.2 Å². The number of fused-ring (bicyclic) bond motifs is 1. The van der Waals surface area contributed by atoms with Crippen LogP contribution >= 0.6 is 0 Å². The van der Waals surface area contributed by atoms with Crippen molar-refractivity contribution in [1.29, 1.82) is 0 Å². The SMILES string of the molecule is CCCCCCc1ccc(C(=O)n2nc(OCCOC)nc2-c2ccc3c(c2)OCO3)cc1. The number of rotatable bonds is 11. The first-order valence-corrected chi connectivity index (χ1v) is 11.3. The summed E-state index contributed by atoms with van der Waals surface area (Å²) in [4.78, 5) is 17.8. The number of benzene rings is 2. The van der Waals surface area contributed by atoms with Gasteiger partial charge in [-0.2, -0.15) is 9.67 Å². The van der Waals surface area contributed by atoms with Crippen LogP contribution in [0.4, 0.5) is 0 Å². The molecule has 8 heteroatoms. The minimum absolute atomic E-state index is 0.112. The molecule has 0 fully saturated rings. The van der Waals surface area contributed by atoms with Gasteiger partial charge in [0.05, 0.1) is 6.61 Å². The van der Waals surface area contributed by atoms with E-state index in [9.17, 15) is 4.79 Å². The number of methoxy groups -OCH3 is 1. The number of unbranched alkanes of at least 4 members (excludes halogenated alkanes) is 3. The highest BCUT2D eigenvalue weighted by Crippen LogP contribution is 2.36. The smallest absolute Gasteiger partial charge is 0.336 e. The van der Waals surface area contributed by atoms with Gasteiger partial charge in [-0.1, -0.05) is 38.3 Å². The second kappa shape index (κ2) is 11.0. The lowest BCUT2D eigenvalue weighted by Gasteiger charge is -2.07. The maximum atomic E-state index is 13.4. The van der Waals surface area contributed by atoms with Crippen LogP contribution in [0.3, 0.4) is 0 Å². The van der Waals surface area contributed by atoms with Gasteiger partial charge < -0.3 is 18.9 Å². The molecule has 0 unspecified atom stereocenters. The molecule has 4 rings (SSSR count). The van der Waals surface area contributed by atoms with E-state index >= 15 is 0 Å². The molecular weight excluding hydrogens is 422 g/mol. The summed E-state index contributed by atoms with van der Waals surface area (Å²) in [6, 6.07) is 13.2. The molecule has 1 aliphatic rings. The average molecular weight is 452 g/mol. The van der Waals surface area contributed by atoms with Crippen LogP contribution in [0, 0.1) is 0 Å². The fourth-order valence-corrected chi connectivity index (χ4v) is 3.63. The second-order valence-electron chi connectivity index (χ2n) is 7.85. The quantitative estimate of drug-likeness (QED) is 0.397. The van der Waals surface area contributed by atoms with E-state index in [-0.39, 0.29) is 25.3 Å². The van der Waals surface area contributed by atoms with Gasteiger partial charge in [-0.05, 0) is 48.7 Å². The van der Waals surface area contributed by atoms with Crippen molar-refractivity contribution in [3.8, 4) is 28.9 Å². The summed E-state index contributed by atoms with van der Waals surface area (Å²) in [5.41, 5.74) is 2.43. The Bertz CT molecular complexity index is 1080. The number of carbonyl (C=O) groups is 1. The third kappa shape index (κ3) is 5.51. The van der Waals surface area contributed by atoms with Gasteiger partial charge in [0.2, 0.25) is 6.79 Å². The van der Waals surface area contributed by atoms with Gasteiger partial charge in [-0.15, -0.1) is 5.10 Å². The van der Waals surface area contributed by atoms with E-state index in [2.05, 4.69) is 17.0 Å². The van der Waals surface area contributed by atoms with E-state index in [1.165, 1.54) is 29.5 Å². The number of ether oxygens (including phenoxy) is 4. The van der Waals surface area contributed by atoms with Gasteiger partial charge >= 0.3 is 6.01 Å². The van der Waals surface area contributed by atoms with E-state index < -0.39 is 0 Å². The molecule has 2 aromatic carbocycles. The van der Waals surface area contributed by atoms with Crippen LogP contribution in [-0.2, 0) is 11.2 Å². The Kier molecular flexibility index (Phi) is 7.57. The zero-order valence-electron chi connectivity index (χ0n) is 19.1. The zero-order valence-corrected chi connectivity index (χ0v) is 19.1. The van der Waals surface area contributed by atoms with Crippen LogP contribution in [0.25, 0.3) is 11.4 Å². The van der Waals surface area contributed by atoms with Crippen LogP contribution in [0.15, 0.2) is 42.5 Å². The van der Waals surface area contributed by atoms with E-state index in [4.69, 9.17) is 18.9 Å². The molecule has 0 atom stereocenters. The number of nitrogens with zero attached hydrogens (tertiary/aromatic N) is 3. The zero-order chi connectivity index (χ0) is 23.0. The second-order valence-corrected chi connectivity index (χ2v) is 7.85. The van der Waals surface area contributed by atoms with Crippen LogP contribution in [0.5, 0.6) is 17.5 Å². The van der Waals surface area contributed by atoms with Crippen molar-refractivity contribution < 1.29 is 23.7 Å². The Morgan fingerprint density at radius 1 is 1.03 bits per heavy atom. The Morgan fingerprint density at radius 2 is 1.85 bits per heavy atom. The molecule has 0 saturated carbocycles. The summed E-state index contributed by atoms with van der Waals surface area (Å²) < 4.78 is 22.7. The number of hydrogen-bond donors (Lipinski definition) is 0. The number of carbonyl (C=O) groups excluding carboxylic acids is 1. The number of aromatic nitrogens is 3. The van der Waals surface area contributed by atoms with Crippen LogP contribution in [-0.4, -0.2) is 47.8 Å². The predicted octanol–water partition coefficient (Wildman–Crippen LogP) is 4.51. The Hall–Kier alpha value is -3.39. The molecule has 1 aliphatic heterocycles. The molecule has 0 saturated heterocycles. The molecule has 174 valence electrons. The largest absolute Gasteiger partial charge is 0.460 e. The molecule has 33 heavy (non-hydrogen) atoms. The highest BCUT2D eigenvalue weighted by molar-refractivity contribution is 5.97. The summed E-state index contributed by atoms with van der Waals surface area (Å²) in [6.45, 7) is 3.04. The highest BCUT2D eigenvalue weighted by Gasteiger charge is 2.22. The highest BCUT2D eigenvalue weighted by atomic mass is 16.7. The van der Waals surface area contributed by atoms with Crippen molar-refractivity contribution >= 4 is 5.91 Å². The number of aryl methyl sites for hydroxylation is 1. The number of hydrogen-bond acceptors (Lipinski definition) is 7. The van der Waals surface area contributed by atoms with E-state index in [1.807, 2.05) is 30.3 Å².